The minimum Gasteiger partial charge on any atom is -0.458 e. The molecule has 268 valence electrons. The van der Waals surface area contributed by atoms with Gasteiger partial charge in [0.15, 0.2) is 0 Å². The van der Waals surface area contributed by atoms with Crippen LogP contribution in [0.5, 0.6) is 0 Å². The molecule has 56 heavy (non-hydrogen) atoms. The Bertz CT molecular complexity index is 2750. The van der Waals surface area contributed by atoms with Crippen molar-refractivity contribution in [2.45, 2.75) is 28.5 Å². The molecule has 11 rings (SSSR count). The quantitative estimate of drug-likeness (QED) is 0.162. The monoisotopic (exact) mass is 738 g/mol. The van der Waals surface area contributed by atoms with Gasteiger partial charge in [0.25, 0.3) is 0 Å². The first-order valence-electron chi connectivity index (χ1n) is 19.4. The largest absolute Gasteiger partial charge is 0.458 e. The number of furan rings is 1. The second-order valence-corrected chi connectivity index (χ2v) is 16.0. The molecule has 1 aromatic heterocycles. The lowest BCUT2D eigenvalue weighted by atomic mass is 9.91. The van der Waals surface area contributed by atoms with Gasteiger partial charge < -0.3 is 14.2 Å². The van der Waals surface area contributed by atoms with E-state index in [0.29, 0.717) is 5.92 Å². The molecule has 3 unspecified atom stereocenters. The number of nitrogens with zero attached hydrogens (tertiary/aromatic N) is 2. The number of hydrogen-bond donors (Lipinski definition) is 0. The summed E-state index contributed by atoms with van der Waals surface area (Å²) in [5, 5.41) is 1.39. The maximum Gasteiger partial charge on any atom is 0.144 e. The SMILES string of the molecule is C1=CC(c2ccccc2)CC=C1N(c1ccc(-c2ccccc2)cc1)c1ccc(-c2ccc(N3c4c(oc5ccccc45)C4Sc5ccccc5C43)cc2)cc1. The van der Waals surface area contributed by atoms with E-state index in [1.54, 1.807) is 0 Å². The van der Waals surface area contributed by atoms with Crippen LogP contribution in [-0.4, -0.2) is 0 Å². The van der Waals surface area contributed by atoms with Gasteiger partial charge in [0.2, 0.25) is 0 Å². The van der Waals surface area contributed by atoms with E-state index in [0.717, 1.165) is 29.1 Å². The molecular weight excluding hydrogens is 701 g/mol. The summed E-state index contributed by atoms with van der Waals surface area (Å²) >= 11 is 1.93. The normalized spacial score (nSPS) is 18.0. The summed E-state index contributed by atoms with van der Waals surface area (Å²) in [6, 6.07) is 65.9. The number of hydrogen-bond acceptors (Lipinski definition) is 4. The van der Waals surface area contributed by atoms with Crippen molar-refractivity contribution in [3.05, 3.63) is 223 Å². The van der Waals surface area contributed by atoms with Gasteiger partial charge in [-0.25, -0.2) is 0 Å². The Balaban J connectivity index is 0.914. The lowest BCUT2D eigenvalue weighted by Crippen LogP contribution is -2.19. The highest BCUT2D eigenvalue weighted by Crippen LogP contribution is 2.66. The Morgan fingerprint density at radius 2 is 1.16 bits per heavy atom. The molecule has 0 N–H and O–H groups in total. The summed E-state index contributed by atoms with van der Waals surface area (Å²) in [4.78, 5) is 6.24. The number of anilines is 4. The summed E-state index contributed by atoms with van der Waals surface area (Å²) in [6.45, 7) is 0. The Hall–Kier alpha value is -6.49. The van der Waals surface area contributed by atoms with E-state index in [2.05, 4.69) is 210 Å². The van der Waals surface area contributed by atoms with Gasteiger partial charge >= 0.3 is 0 Å². The van der Waals surface area contributed by atoms with Crippen LogP contribution in [0.2, 0.25) is 0 Å². The van der Waals surface area contributed by atoms with Crippen molar-refractivity contribution in [2.75, 3.05) is 9.80 Å². The molecule has 0 bridgehead atoms. The number of rotatable bonds is 7. The molecule has 0 spiro atoms. The zero-order chi connectivity index (χ0) is 37.0. The van der Waals surface area contributed by atoms with Crippen molar-refractivity contribution in [1.82, 2.24) is 0 Å². The van der Waals surface area contributed by atoms with Crippen molar-refractivity contribution in [2.24, 2.45) is 0 Å². The zero-order valence-electron chi connectivity index (χ0n) is 30.7. The average Bonchev–Trinajstić information content (AvgIpc) is 3.94. The van der Waals surface area contributed by atoms with Gasteiger partial charge in [-0.1, -0.05) is 140 Å². The van der Waals surface area contributed by atoms with Crippen molar-refractivity contribution in [1.29, 1.82) is 0 Å². The Kier molecular flexibility index (Phi) is 8.03. The van der Waals surface area contributed by atoms with Crippen LogP contribution in [0.3, 0.4) is 0 Å². The van der Waals surface area contributed by atoms with Crippen LogP contribution >= 0.6 is 11.8 Å². The van der Waals surface area contributed by atoms with Crippen molar-refractivity contribution in [3.63, 3.8) is 0 Å². The fourth-order valence-corrected chi connectivity index (χ4v) is 10.2. The molecule has 3 heterocycles. The van der Waals surface area contributed by atoms with Gasteiger partial charge in [-0.15, -0.1) is 11.8 Å². The van der Waals surface area contributed by atoms with E-state index in [9.17, 15) is 0 Å². The fraction of sp³-hybridized carbons (Fsp3) is 0.0769. The minimum atomic E-state index is 0.193. The molecule has 8 aromatic rings. The predicted molar refractivity (Wildman–Crippen MR) is 233 cm³/mol. The van der Waals surface area contributed by atoms with Crippen LogP contribution in [0, 0.1) is 0 Å². The molecule has 0 saturated carbocycles. The number of thioether (sulfide) groups is 1. The molecule has 0 saturated heterocycles. The molecule has 3 aliphatic rings. The van der Waals surface area contributed by atoms with Gasteiger partial charge in [-0.3, -0.25) is 0 Å². The van der Waals surface area contributed by atoms with Crippen LogP contribution in [0.1, 0.15) is 40.5 Å². The van der Waals surface area contributed by atoms with Crippen LogP contribution in [0.4, 0.5) is 22.7 Å². The van der Waals surface area contributed by atoms with Crippen LogP contribution in [0.25, 0.3) is 33.2 Å². The second-order valence-electron chi connectivity index (χ2n) is 14.8. The van der Waals surface area contributed by atoms with Gasteiger partial charge in [0, 0.05) is 39.0 Å². The number of para-hydroxylation sites is 1. The van der Waals surface area contributed by atoms with Crippen molar-refractivity contribution < 1.29 is 4.42 Å². The third kappa shape index (κ3) is 5.60. The molecule has 0 fully saturated rings. The van der Waals surface area contributed by atoms with Crippen LogP contribution in [-0.2, 0) is 0 Å². The minimum absolute atomic E-state index is 0.193. The van der Waals surface area contributed by atoms with Gasteiger partial charge in [-0.05, 0) is 100 Å². The highest BCUT2D eigenvalue weighted by atomic mass is 32.2. The van der Waals surface area contributed by atoms with E-state index in [4.69, 9.17) is 4.42 Å². The molecule has 1 aliphatic carbocycles. The van der Waals surface area contributed by atoms with Gasteiger partial charge in [-0.2, -0.15) is 0 Å². The Morgan fingerprint density at radius 1 is 0.571 bits per heavy atom. The van der Waals surface area contributed by atoms with E-state index < -0.39 is 0 Å². The number of allylic oxidation sites excluding steroid dienone is 3. The standard InChI is InChI=1S/C52H38N2OS/c1-3-11-35(12-4-1)37-19-27-41(28-20-37)53(42-29-21-38(22-30-42)36-13-5-2-6-14-36)43-31-23-39(24-32-43)40-25-33-44(34-26-40)54-49-45-15-7-9-17-47(45)55-51(49)52-50(54)46-16-8-10-18-48(46)56-52/h1-21,23-34,38,50,52H,22H2. The lowest BCUT2D eigenvalue weighted by Gasteiger charge is -2.29. The van der Waals surface area contributed by atoms with E-state index >= 15 is 0 Å². The third-order valence-electron chi connectivity index (χ3n) is 11.6. The fourth-order valence-electron chi connectivity index (χ4n) is 8.81. The van der Waals surface area contributed by atoms with E-state index in [-0.39, 0.29) is 11.3 Å². The zero-order valence-corrected chi connectivity index (χ0v) is 31.5. The van der Waals surface area contributed by atoms with Crippen molar-refractivity contribution >= 4 is 45.5 Å². The van der Waals surface area contributed by atoms with Gasteiger partial charge in [0.1, 0.15) is 11.3 Å². The summed E-state index contributed by atoms with van der Waals surface area (Å²) < 4.78 is 6.58. The van der Waals surface area contributed by atoms with Crippen molar-refractivity contribution in [3.8, 4) is 22.3 Å². The maximum absolute atomic E-state index is 6.58. The summed E-state index contributed by atoms with van der Waals surface area (Å²) in [5.41, 5.74) is 14.3. The van der Waals surface area contributed by atoms with Crippen LogP contribution in [0.15, 0.2) is 215 Å². The topological polar surface area (TPSA) is 19.6 Å². The second kappa shape index (κ2) is 13.7. The average molecular weight is 739 g/mol. The molecule has 7 aromatic carbocycles. The molecule has 0 amide bonds. The summed E-state index contributed by atoms with van der Waals surface area (Å²) in [5.74, 6) is 1.45. The Morgan fingerprint density at radius 3 is 1.84 bits per heavy atom. The Labute approximate surface area is 331 Å². The van der Waals surface area contributed by atoms with Gasteiger partial charge in [0.05, 0.1) is 17.0 Å². The first kappa shape index (κ1) is 32.9. The van der Waals surface area contributed by atoms with Crippen LogP contribution < -0.4 is 9.80 Å². The first-order chi connectivity index (χ1) is 27.8. The maximum atomic E-state index is 6.58. The molecule has 3 atom stereocenters. The molecule has 4 heteroatoms. The highest BCUT2D eigenvalue weighted by molar-refractivity contribution is 8.00. The molecular formula is C52H38N2OS. The molecule has 2 aliphatic heterocycles. The third-order valence-corrected chi connectivity index (χ3v) is 12.9. The predicted octanol–water partition coefficient (Wildman–Crippen LogP) is 14.6. The summed E-state index contributed by atoms with van der Waals surface area (Å²) in [7, 11) is 0. The summed E-state index contributed by atoms with van der Waals surface area (Å²) in [6.07, 6.45) is 7.98. The number of fused-ring (bicyclic) bond motifs is 7. The smallest absolute Gasteiger partial charge is 0.144 e. The number of benzene rings is 7. The lowest BCUT2D eigenvalue weighted by molar-refractivity contribution is 0.542. The molecule has 0 radical (unpaired) electrons. The first-order valence-corrected chi connectivity index (χ1v) is 20.3. The van der Waals surface area contributed by atoms with E-state index in [1.807, 2.05) is 11.8 Å². The highest BCUT2D eigenvalue weighted by Gasteiger charge is 2.49. The molecule has 3 nitrogen and oxygen atoms in total. The van der Waals surface area contributed by atoms with E-state index in [1.165, 1.54) is 60.7 Å².